The molecule has 0 N–H and O–H groups in total. The highest BCUT2D eigenvalue weighted by atomic mass is 35.5. The predicted octanol–water partition coefficient (Wildman–Crippen LogP) is 3.87. The summed E-state index contributed by atoms with van der Waals surface area (Å²) in [5, 5.41) is 2.30. The number of amides is 1. The lowest BCUT2D eigenvalue weighted by Gasteiger charge is -2.41. The van der Waals surface area contributed by atoms with Gasteiger partial charge in [-0.05, 0) is 45.1 Å². The number of rotatable bonds is 4. The van der Waals surface area contributed by atoms with Crippen LogP contribution in [-0.4, -0.2) is 49.2 Å². The van der Waals surface area contributed by atoms with E-state index in [0.29, 0.717) is 21.7 Å². The predicted molar refractivity (Wildman–Crippen MR) is 89.4 cm³/mol. The van der Waals surface area contributed by atoms with Crippen molar-refractivity contribution in [3.05, 3.63) is 33.8 Å². The van der Waals surface area contributed by atoms with Crippen molar-refractivity contribution in [2.75, 3.05) is 21.2 Å². The first-order valence-corrected chi connectivity index (χ1v) is 8.20. The molecule has 1 amide bonds. The molecule has 1 saturated carbocycles. The highest BCUT2D eigenvalue weighted by molar-refractivity contribution is 6.42. The molecule has 1 aliphatic carbocycles. The van der Waals surface area contributed by atoms with E-state index in [1.165, 1.54) is 18.6 Å². The molecule has 22 heavy (non-hydrogen) atoms. The Labute approximate surface area is 141 Å². The molecule has 122 valence electrons. The number of nitrogens with zero attached hydrogens (tertiary/aromatic N) is 2. The molecular weight excluding hydrogens is 323 g/mol. The molecule has 6 heteroatoms. The van der Waals surface area contributed by atoms with Gasteiger partial charge in [0.2, 0.25) is 0 Å². The van der Waals surface area contributed by atoms with E-state index in [1.807, 2.05) is 14.1 Å². The van der Waals surface area contributed by atoms with Crippen LogP contribution in [0.1, 0.15) is 36.0 Å². The van der Waals surface area contributed by atoms with Crippen LogP contribution in [0.25, 0.3) is 0 Å². The lowest BCUT2D eigenvalue weighted by atomic mass is 9.89. The molecule has 0 heterocycles. The zero-order chi connectivity index (χ0) is 16.3. The lowest BCUT2D eigenvalue weighted by molar-refractivity contribution is -0.144. The number of hydrogen-bond acceptors (Lipinski definition) is 3. The Morgan fingerprint density at radius 3 is 2.32 bits per heavy atom. The van der Waals surface area contributed by atoms with Gasteiger partial charge >= 0.3 is 0 Å². The molecule has 0 radical (unpaired) electrons. The maximum atomic E-state index is 12.8. The zero-order valence-corrected chi connectivity index (χ0v) is 14.7. The molecule has 0 aromatic heterocycles. The Morgan fingerprint density at radius 2 is 1.77 bits per heavy atom. The summed E-state index contributed by atoms with van der Waals surface area (Å²) >= 11 is 11.9. The third kappa shape index (κ3) is 3.74. The van der Waals surface area contributed by atoms with Crippen molar-refractivity contribution in [1.82, 2.24) is 9.96 Å². The second kappa shape index (κ2) is 7.64. The molecule has 2 atom stereocenters. The highest BCUT2D eigenvalue weighted by Gasteiger charge is 2.35. The number of carbonyl (C=O) groups is 1. The van der Waals surface area contributed by atoms with Crippen LogP contribution in [0.5, 0.6) is 0 Å². The Morgan fingerprint density at radius 1 is 1.14 bits per heavy atom. The number of likely N-dealkylation sites (N-methyl/N-ethyl adjacent to an activating group) is 1. The maximum absolute atomic E-state index is 12.8. The minimum absolute atomic E-state index is 0.0377. The third-order valence-electron chi connectivity index (χ3n) is 4.22. The normalized spacial score (nSPS) is 21.9. The number of benzene rings is 1. The first kappa shape index (κ1) is 17.5. The van der Waals surface area contributed by atoms with Crippen LogP contribution in [0.15, 0.2) is 18.2 Å². The van der Waals surface area contributed by atoms with Crippen molar-refractivity contribution < 1.29 is 9.63 Å². The Bertz CT molecular complexity index is 537. The first-order valence-electron chi connectivity index (χ1n) is 7.45. The topological polar surface area (TPSA) is 32.8 Å². The van der Waals surface area contributed by atoms with Gasteiger partial charge in [0.15, 0.2) is 0 Å². The van der Waals surface area contributed by atoms with Gasteiger partial charge in [-0.2, -0.15) is 0 Å². The molecule has 0 spiro atoms. The van der Waals surface area contributed by atoms with E-state index in [1.54, 1.807) is 18.2 Å². The molecule has 4 nitrogen and oxygen atoms in total. The summed E-state index contributed by atoms with van der Waals surface area (Å²) in [6.07, 6.45) is 4.28. The minimum Gasteiger partial charge on any atom is -0.304 e. The van der Waals surface area contributed by atoms with E-state index < -0.39 is 0 Å². The average molecular weight is 345 g/mol. The van der Waals surface area contributed by atoms with Crippen molar-refractivity contribution in [2.45, 2.75) is 37.8 Å². The van der Waals surface area contributed by atoms with Crippen LogP contribution in [0.2, 0.25) is 10.0 Å². The molecule has 1 aromatic rings. The largest absolute Gasteiger partial charge is 0.304 e. The quantitative estimate of drug-likeness (QED) is 0.777. The van der Waals surface area contributed by atoms with E-state index in [4.69, 9.17) is 28.0 Å². The van der Waals surface area contributed by atoms with Gasteiger partial charge in [0.25, 0.3) is 5.91 Å². The van der Waals surface area contributed by atoms with Crippen LogP contribution in [-0.2, 0) is 4.84 Å². The fourth-order valence-electron chi connectivity index (χ4n) is 3.09. The lowest BCUT2D eigenvalue weighted by Crippen LogP contribution is -2.52. The number of carbonyl (C=O) groups excluding carboxylic acids is 1. The fraction of sp³-hybridized carbons (Fsp3) is 0.562. The molecule has 1 fully saturated rings. The van der Waals surface area contributed by atoms with Gasteiger partial charge in [-0.3, -0.25) is 9.63 Å². The van der Waals surface area contributed by atoms with Crippen LogP contribution < -0.4 is 0 Å². The van der Waals surface area contributed by atoms with Gasteiger partial charge in [0.1, 0.15) is 0 Å². The second-order valence-corrected chi connectivity index (χ2v) is 6.64. The summed E-state index contributed by atoms with van der Waals surface area (Å²) in [4.78, 5) is 20.4. The summed E-state index contributed by atoms with van der Waals surface area (Å²) in [5.41, 5.74) is 0.485. The van der Waals surface area contributed by atoms with Gasteiger partial charge < -0.3 is 4.90 Å². The Kier molecular flexibility index (Phi) is 6.09. The van der Waals surface area contributed by atoms with Crippen molar-refractivity contribution in [3.8, 4) is 0 Å². The van der Waals surface area contributed by atoms with Crippen LogP contribution in [0.4, 0.5) is 0 Å². The zero-order valence-electron chi connectivity index (χ0n) is 13.2. The molecular formula is C16H22Cl2N2O2. The van der Waals surface area contributed by atoms with Gasteiger partial charge in [-0.15, -0.1) is 0 Å². The fourth-order valence-corrected chi connectivity index (χ4v) is 3.39. The maximum Gasteiger partial charge on any atom is 0.277 e. The first-order chi connectivity index (χ1) is 10.5. The van der Waals surface area contributed by atoms with Crippen molar-refractivity contribution >= 4 is 29.1 Å². The Hall–Kier alpha value is -0.810. The molecule has 1 aliphatic rings. The minimum atomic E-state index is -0.181. The molecule has 0 saturated heterocycles. The summed E-state index contributed by atoms with van der Waals surface area (Å²) in [5.74, 6) is -0.181. The number of halogens is 2. The summed E-state index contributed by atoms with van der Waals surface area (Å²) in [7, 11) is 5.62. The van der Waals surface area contributed by atoms with E-state index >= 15 is 0 Å². The monoisotopic (exact) mass is 344 g/mol. The molecule has 2 rings (SSSR count). The number of hydrogen-bond donors (Lipinski definition) is 0. The van der Waals surface area contributed by atoms with Crippen molar-refractivity contribution in [3.63, 3.8) is 0 Å². The van der Waals surface area contributed by atoms with Gasteiger partial charge in [0, 0.05) is 11.6 Å². The third-order valence-corrected chi connectivity index (χ3v) is 4.96. The molecule has 0 unspecified atom stereocenters. The van der Waals surface area contributed by atoms with Crippen LogP contribution in [0, 0.1) is 0 Å². The number of hydroxylamine groups is 2. The van der Waals surface area contributed by atoms with Crippen LogP contribution >= 0.6 is 23.2 Å². The molecule has 0 aliphatic heterocycles. The SMILES string of the molecule is CON(C(=O)c1ccc(Cl)c(Cl)c1)[C@H]1CCCC[C@@H]1N(C)C. The van der Waals surface area contributed by atoms with Gasteiger partial charge in [-0.1, -0.05) is 36.0 Å². The van der Waals surface area contributed by atoms with E-state index in [2.05, 4.69) is 4.90 Å². The van der Waals surface area contributed by atoms with Crippen molar-refractivity contribution in [2.24, 2.45) is 0 Å². The Balaban J connectivity index is 2.25. The standard InChI is InChI=1S/C16H22Cl2N2O2/c1-19(2)14-6-4-5-7-15(14)20(22-3)16(21)11-8-9-12(17)13(18)10-11/h8-10,14-15H,4-7H2,1-3H3/t14-,15-/m0/s1. The van der Waals surface area contributed by atoms with E-state index in [-0.39, 0.29) is 11.9 Å². The molecule has 0 bridgehead atoms. The van der Waals surface area contributed by atoms with Crippen molar-refractivity contribution in [1.29, 1.82) is 0 Å². The smallest absolute Gasteiger partial charge is 0.277 e. The van der Waals surface area contributed by atoms with Gasteiger partial charge in [-0.25, -0.2) is 5.06 Å². The van der Waals surface area contributed by atoms with E-state index in [0.717, 1.165) is 19.3 Å². The highest BCUT2D eigenvalue weighted by Crippen LogP contribution is 2.29. The second-order valence-electron chi connectivity index (χ2n) is 5.83. The summed E-state index contributed by atoms with van der Waals surface area (Å²) in [6.45, 7) is 0. The molecule has 1 aromatic carbocycles. The van der Waals surface area contributed by atoms with E-state index in [9.17, 15) is 4.79 Å². The summed E-state index contributed by atoms with van der Waals surface area (Å²) in [6, 6.07) is 5.23. The van der Waals surface area contributed by atoms with Gasteiger partial charge in [0.05, 0.1) is 23.2 Å². The van der Waals surface area contributed by atoms with Crippen LogP contribution in [0.3, 0.4) is 0 Å². The summed E-state index contributed by atoms with van der Waals surface area (Å²) < 4.78 is 0. The average Bonchev–Trinajstić information content (AvgIpc) is 2.51.